The fraction of sp³-hybridized carbons (Fsp3) is 0.647. The van der Waals surface area contributed by atoms with Gasteiger partial charge in [-0.3, -0.25) is 0 Å². The molecule has 2 aliphatic rings. The largest absolute Gasteiger partial charge is 0.493 e. The Morgan fingerprint density at radius 2 is 1.65 bits per heavy atom. The summed E-state index contributed by atoms with van der Waals surface area (Å²) in [4.78, 5) is 0. The smallest absolute Gasteiger partial charge is 0.203 e. The maximum absolute atomic E-state index is 5.95. The fourth-order valence-electron chi connectivity index (χ4n) is 3.63. The van der Waals surface area contributed by atoms with Gasteiger partial charge in [-0.2, -0.15) is 0 Å². The maximum atomic E-state index is 5.95. The van der Waals surface area contributed by atoms with Crippen molar-refractivity contribution < 1.29 is 23.7 Å². The van der Waals surface area contributed by atoms with Crippen LogP contribution >= 0.6 is 0 Å². The molecule has 0 unspecified atom stereocenters. The van der Waals surface area contributed by atoms with Crippen molar-refractivity contribution >= 4 is 0 Å². The molecule has 6 heteroatoms. The van der Waals surface area contributed by atoms with Crippen molar-refractivity contribution in [2.75, 3.05) is 41.1 Å². The summed E-state index contributed by atoms with van der Waals surface area (Å²) in [6.45, 7) is 4.32. The van der Waals surface area contributed by atoms with Crippen LogP contribution in [0, 0.1) is 5.92 Å². The first kappa shape index (κ1) is 16.4. The van der Waals surface area contributed by atoms with Crippen molar-refractivity contribution in [2.45, 2.75) is 25.2 Å². The third-order valence-corrected chi connectivity index (χ3v) is 4.85. The van der Waals surface area contributed by atoms with Gasteiger partial charge < -0.3 is 29.0 Å². The van der Waals surface area contributed by atoms with Crippen molar-refractivity contribution in [3.63, 3.8) is 0 Å². The number of nitrogens with one attached hydrogen (secondary N) is 1. The Morgan fingerprint density at radius 3 is 2.17 bits per heavy atom. The molecular formula is C17H25NO5. The highest BCUT2D eigenvalue weighted by Crippen LogP contribution is 2.45. The predicted molar refractivity (Wildman–Crippen MR) is 85.3 cm³/mol. The van der Waals surface area contributed by atoms with Crippen molar-refractivity contribution in [2.24, 2.45) is 5.92 Å². The molecule has 0 aromatic heterocycles. The highest BCUT2D eigenvalue weighted by atomic mass is 16.7. The van der Waals surface area contributed by atoms with Gasteiger partial charge in [0.25, 0.3) is 0 Å². The first-order valence-electron chi connectivity index (χ1n) is 7.96. The molecule has 2 saturated heterocycles. The second kappa shape index (κ2) is 6.55. The highest BCUT2D eigenvalue weighted by molar-refractivity contribution is 5.54. The first-order chi connectivity index (χ1) is 11.1. The zero-order chi connectivity index (χ0) is 16.4. The lowest BCUT2D eigenvalue weighted by Gasteiger charge is -2.43. The molecule has 6 nitrogen and oxygen atoms in total. The Morgan fingerprint density at radius 1 is 1.04 bits per heavy atom. The minimum Gasteiger partial charge on any atom is -0.493 e. The normalized spacial score (nSPS) is 26.3. The van der Waals surface area contributed by atoms with Gasteiger partial charge in [0.05, 0.1) is 34.5 Å². The summed E-state index contributed by atoms with van der Waals surface area (Å²) >= 11 is 0. The van der Waals surface area contributed by atoms with Gasteiger partial charge >= 0.3 is 0 Å². The van der Waals surface area contributed by atoms with Crippen LogP contribution in [0.5, 0.6) is 17.2 Å². The molecule has 2 heterocycles. The predicted octanol–water partition coefficient (Wildman–Crippen LogP) is 2.13. The highest BCUT2D eigenvalue weighted by Gasteiger charge is 2.48. The second-order valence-electron chi connectivity index (χ2n) is 5.94. The van der Waals surface area contributed by atoms with Gasteiger partial charge in [0, 0.05) is 24.9 Å². The van der Waals surface area contributed by atoms with Crippen LogP contribution in [-0.2, 0) is 9.47 Å². The molecule has 23 heavy (non-hydrogen) atoms. The van der Waals surface area contributed by atoms with E-state index in [1.165, 1.54) is 0 Å². The Kier molecular flexibility index (Phi) is 4.66. The van der Waals surface area contributed by atoms with Crippen molar-refractivity contribution in [3.8, 4) is 17.2 Å². The van der Waals surface area contributed by atoms with Gasteiger partial charge in [-0.15, -0.1) is 0 Å². The fourth-order valence-corrected chi connectivity index (χ4v) is 3.63. The third kappa shape index (κ3) is 2.75. The van der Waals surface area contributed by atoms with Crippen LogP contribution in [0.15, 0.2) is 12.1 Å². The number of ether oxygens (including phenoxy) is 5. The van der Waals surface area contributed by atoms with Gasteiger partial charge in [0.2, 0.25) is 5.75 Å². The van der Waals surface area contributed by atoms with E-state index < -0.39 is 5.79 Å². The van der Waals surface area contributed by atoms with E-state index in [4.69, 9.17) is 23.7 Å². The van der Waals surface area contributed by atoms with Gasteiger partial charge in [-0.05, 0) is 17.7 Å². The van der Waals surface area contributed by atoms with Gasteiger partial charge in [-0.25, -0.2) is 0 Å². The Labute approximate surface area is 137 Å². The van der Waals surface area contributed by atoms with Crippen molar-refractivity contribution in [1.29, 1.82) is 0 Å². The van der Waals surface area contributed by atoms with Crippen LogP contribution in [0.2, 0.25) is 0 Å². The van der Waals surface area contributed by atoms with Crippen LogP contribution in [0.4, 0.5) is 0 Å². The minimum atomic E-state index is -0.490. The Balaban J connectivity index is 1.97. The summed E-state index contributed by atoms with van der Waals surface area (Å²) in [5.41, 5.74) is 1.07. The summed E-state index contributed by atoms with van der Waals surface area (Å²) in [6.07, 6.45) is 0.856. The SMILES string of the molecule is COc1cc([C@H]2NCCC3(OCCO3)[C@@H]2C)cc(OC)c1OC. The molecule has 2 fully saturated rings. The van der Waals surface area contributed by atoms with Crippen LogP contribution in [-0.4, -0.2) is 46.9 Å². The average Bonchev–Trinajstić information content (AvgIpc) is 3.05. The van der Waals surface area contributed by atoms with E-state index in [1.807, 2.05) is 12.1 Å². The molecule has 0 radical (unpaired) electrons. The number of piperidine rings is 1. The molecule has 1 aromatic rings. The lowest BCUT2D eigenvalue weighted by Crippen LogP contribution is -2.51. The van der Waals surface area contributed by atoms with E-state index in [9.17, 15) is 0 Å². The molecular weight excluding hydrogens is 298 g/mol. The van der Waals surface area contributed by atoms with Crippen molar-refractivity contribution in [3.05, 3.63) is 17.7 Å². The minimum absolute atomic E-state index is 0.0931. The molecule has 1 spiro atoms. The molecule has 0 bridgehead atoms. The second-order valence-corrected chi connectivity index (χ2v) is 5.94. The molecule has 2 aliphatic heterocycles. The molecule has 2 atom stereocenters. The van der Waals surface area contributed by atoms with E-state index in [0.717, 1.165) is 18.5 Å². The summed E-state index contributed by atoms with van der Waals surface area (Å²) in [5.74, 6) is 1.59. The molecule has 0 aliphatic carbocycles. The molecule has 0 saturated carbocycles. The Hall–Kier alpha value is -1.50. The van der Waals surface area contributed by atoms with Crippen LogP contribution in [0.1, 0.15) is 24.9 Å². The van der Waals surface area contributed by atoms with Crippen molar-refractivity contribution in [1.82, 2.24) is 5.32 Å². The van der Waals surface area contributed by atoms with E-state index in [2.05, 4.69) is 12.2 Å². The lowest BCUT2D eigenvalue weighted by atomic mass is 9.82. The summed E-state index contributed by atoms with van der Waals surface area (Å²) < 4.78 is 28.2. The van der Waals surface area contributed by atoms with E-state index in [0.29, 0.717) is 30.5 Å². The average molecular weight is 323 g/mol. The molecule has 128 valence electrons. The van der Waals surface area contributed by atoms with Crippen LogP contribution in [0.25, 0.3) is 0 Å². The van der Waals surface area contributed by atoms with Gasteiger partial charge in [-0.1, -0.05) is 6.92 Å². The number of benzene rings is 1. The van der Waals surface area contributed by atoms with Gasteiger partial charge in [0.15, 0.2) is 17.3 Å². The molecule has 1 aromatic carbocycles. The molecule has 0 amide bonds. The van der Waals surface area contributed by atoms with Crippen LogP contribution in [0.3, 0.4) is 0 Å². The van der Waals surface area contributed by atoms with E-state index >= 15 is 0 Å². The maximum Gasteiger partial charge on any atom is 0.203 e. The number of hydrogen-bond acceptors (Lipinski definition) is 6. The van der Waals surface area contributed by atoms with E-state index in [-0.39, 0.29) is 12.0 Å². The number of hydrogen-bond donors (Lipinski definition) is 1. The monoisotopic (exact) mass is 323 g/mol. The molecule has 1 N–H and O–H groups in total. The quantitative estimate of drug-likeness (QED) is 0.916. The zero-order valence-corrected chi connectivity index (χ0v) is 14.2. The summed E-state index contributed by atoms with van der Waals surface area (Å²) in [5, 5.41) is 3.56. The summed E-state index contributed by atoms with van der Waals surface area (Å²) in [6, 6.07) is 4.07. The lowest BCUT2D eigenvalue weighted by molar-refractivity contribution is -0.213. The third-order valence-electron chi connectivity index (χ3n) is 4.85. The standard InChI is InChI=1S/C17H25NO5/c1-11-15(18-6-5-17(11)22-7-8-23-17)12-9-13(19-2)16(21-4)14(10-12)20-3/h9-11,15,18H,5-8H2,1-4H3/t11-,15+/m1/s1. The first-order valence-corrected chi connectivity index (χ1v) is 7.96. The van der Waals surface area contributed by atoms with E-state index in [1.54, 1.807) is 21.3 Å². The topological polar surface area (TPSA) is 58.2 Å². The van der Waals surface area contributed by atoms with Gasteiger partial charge in [0.1, 0.15) is 0 Å². The number of methoxy groups -OCH3 is 3. The number of rotatable bonds is 4. The molecule has 3 rings (SSSR count). The Bertz CT molecular complexity index is 531. The zero-order valence-electron chi connectivity index (χ0n) is 14.2. The van der Waals surface area contributed by atoms with Crippen LogP contribution < -0.4 is 19.5 Å². The summed E-state index contributed by atoms with van der Waals surface area (Å²) in [7, 11) is 4.86.